The molecule has 0 saturated heterocycles. The molecular weight excluding hydrogens is 222 g/mol. The van der Waals surface area contributed by atoms with Gasteiger partial charge in [-0.15, -0.1) is 5.10 Å². The highest BCUT2D eigenvalue weighted by atomic mass is 16.5. The van der Waals surface area contributed by atoms with Crippen LogP contribution in [-0.2, 0) is 4.74 Å². The van der Waals surface area contributed by atoms with Gasteiger partial charge in [-0.2, -0.15) is 0 Å². The van der Waals surface area contributed by atoms with E-state index in [-0.39, 0.29) is 5.82 Å². The van der Waals surface area contributed by atoms with Crippen LogP contribution in [0.3, 0.4) is 0 Å². The minimum absolute atomic E-state index is 0.00131. The van der Waals surface area contributed by atoms with Gasteiger partial charge in [0.15, 0.2) is 5.82 Å². The second-order valence-electron chi connectivity index (χ2n) is 3.42. The summed E-state index contributed by atoms with van der Waals surface area (Å²) in [5.74, 6) is 0.625. The molecule has 0 aliphatic carbocycles. The SMILES string of the molecule is COC(=O)c1ncn(-c2cc(C)nc(C)n2)n1. The Hall–Kier alpha value is -2.31. The zero-order valence-electron chi connectivity index (χ0n) is 9.71. The van der Waals surface area contributed by atoms with Gasteiger partial charge in [0.2, 0.25) is 0 Å². The zero-order chi connectivity index (χ0) is 12.4. The Kier molecular flexibility index (Phi) is 2.82. The van der Waals surface area contributed by atoms with Crippen LogP contribution in [0.15, 0.2) is 12.4 Å². The molecule has 7 nitrogen and oxygen atoms in total. The number of aromatic nitrogens is 5. The molecule has 0 amide bonds. The first-order valence-corrected chi connectivity index (χ1v) is 4.93. The number of hydrogen-bond acceptors (Lipinski definition) is 6. The molecule has 0 spiro atoms. The smallest absolute Gasteiger partial charge is 0.377 e. The van der Waals surface area contributed by atoms with E-state index in [0.29, 0.717) is 11.6 Å². The Morgan fingerprint density at radius 1 is 1.35 bits per heavy atom. The van der Waals surface area contributed by atoms with Gasteiger partial charge in [0.25, 0.3) is 5.82 Å². The van der Waals surface area contributed by atoms with E-state index >= 15 is 0 Å². The highest BCUT2D eigenvalue weighted by molar-refractivity contribution is 5.84. The summed E-state index contributed by atoms with van der Waals surface area (Å²) in [6.07, 6.45) is 1.41. The van der Waals surface area contributed by atoms with Crippen molar-refractivity contribution in [2.24, 2.45) is 0 Å². The molecule has 88 valence electrons. The van der Waals surface area contributed by atoms with Gasteiger partial charge in [-0.3, -0.25) is 0 Å². The molecule has 7 heteroatoms. The van der Waals surface area contributed by atoms with Crippen LogP contribution < -0.4 is 0 Å². The number of hydrogen-bond donors (Lipinski definition) is 0. The molecule has 0 aromatic carbocycles. The summed E-state index contributed by atoms with van der Waals surface area (Å²) in [5, 5.41) is 3.97. The van der Waals surface area contributed by atoms with Gasteiger partial charge >= 0.3 is 5.97 Å². The van der Waals surface area contributed by atoms with Crippen molar-refractivity contribution in [2.45, 2.75) is 13.8 Å². The number of methoxy groups -OCH3 is 1. The summed E-state index contributed by atoms with van der Waals surface area (Å²) in [5.41, 5.74) is 0.822. The number of ether oxygens (including phenoxy) is 1. The predicted octanol–water partition coefficient (Wildman–Crippen LogP) is 0.461. The predicted molar refractivity (Wildman–Crippen MR) is 57.8 cm³/mol. The topological polar surface area (TPSA) is 82.8 Å². The second-order valence-corrected chi connectivity index (χ2v) is 3.42. The number of carbonyl (C=O) groups excluding carboxylic acids is 1. The van der Waals surface area contributed by atoms with E-state index in [0.717, 1.165) is 5.69 Å². The standard InChI is InChI=1S/C10H11N5O2/c1-6-4-8(13-7(2)12-6)15-5-11-9(14-15)10(16)17-3/h4-5H,1-3H3. The Morgan fingerprint density at radius 2 is 2.12 bits per heavy atom. The molecule has 0 radical (unpaired) electrons. The molecule has 0 aliphatic rings. The highest BCUT2D eigenvalue weighted by Gasteiger charge is 2.12. The average Bonchev–Trinajstić information content (AvgIpc) is 2.76. The normalized spacial score (nSPS) is 10.3. The van der Waals surface area contributed by atoms with Crippen molar-refractivity contribution in [2.75, 3.05) is 7.11 Å². The lowest BCUT2D eigenvalue weighted by atomic mass is 10.4. The Morgan fingerprint density at radius 3 is 2.76 bits per heavy atom. The van der Waals surface area contributed by atoms with Crippen molar-refractivity contribution in [3.05, 3.63) is 29.7 Å². The quantitative estimate of drug-likeness (QED) is 0.701. The molecule has 2 rings (SSSR count). The van der Waals surface area contributed by atoms with Gasteiger partial charge in [0.1, 0.15) is 12.2 Å². The van der Waals surface area contributed by atoms with E-state index in [4.69, 9.17) is 0 Å². The van der Waals surface area contributed by atoms with Crippen molar-refractivity contribution >= 4 is 5.97 Å². The maximum atomic E-state index is 11.2. The van der Waals surface area contributed by atoms with Gasteiger partial charge in [0, 0.05) is 11.8 Å². The van der Waals surface area contributed by atoms with Crippen molar-refractivity contribution < 1.29 is 9.53 Å². The molecule has 2 aromatic heterocycles. The molecular formula is C10H11N5O2. The van der Waals surface area contributed by atoms with Crippen LogP contribution in [0.2, 0.25) is 0 Å². The van der Waals surface area contributed by atoms with E-state index in [9.17, 15) is 4.79 Å². The molecule has 17 heavy (non-hydrogen) atoms. The molecule has 0 saturated carbocycles. The minimum atomic E-state index is -0.578. The van der Waals surface area contributed by atoms with Crippen LogP contribution in [0.1, 0.15) is 22.1 Å². The first kappa shape index (κ1) is 11.2. The Balaban J connectivity index is 2.40. The largest absolute Gasteiger partial charge is 0.463 e. The minimum Gasteiger partial charge on any atom is -0.463 e. The fourth-order valence-electron chi connectivity index (χ4n) is 1.37. The summed E-state index contributed by atoms with van der Waals surface area (Å²) in [7, 11) is 1.28. The van der Waals surface area contributed by atoms with Gasteiger partial charge < -0.3 is 4.74 Å². The number of nitrogens with zero attached hydrogens (tertiary/aromatic N) is 5. The fourth-order valence-corrected chi connectivity index (χ4v) is 1.37. The summed E-state index contributed by atoms with van der Waals surface area (Å²) in [6.45, 7) is 3.64. The van der Waals surface area contributed by atoms with Crippen molar-refractivity contribution in [3.8, 4) is 5.82 Å². The van der Waals surface area contributed by atoms with Gasteiger partial charge in [0.05, 0.1) is 7.11 Å². The highest BCUT2D eigenvalue weighted by Crippen LogP contribution is 2.05. The van der Waals surface area contributed by atoms with Crippen LogP contribution in [0.5, 0.6) is 0 Å². The van der Waals surface area contributed by atoms with Gasteiger partial charge in [-0.25, -0.2) is 24.4 Å². The maximum Gasteiger partial charge on any atom is 0.377 e. The molecule has 0 N–H and O–H groups in total. The summed E-state index contributed by atoms with van der Waals surface area (Å²) >= 11 is 0. The monoisotopic (exact) mass is 233 g/mol. The molecule has 0 fully saturated rings. The van der Waals surface area contributed by atoms with Gasteiger partial charge in [-0.05, 0) is 13.8 Å². The lowest BCUT2D eigenvalue weighted by Crippen LogP contribution is -2.06. The first-order chi connectivity index (χ1) is 8.10. The van der Waals surface area contributed by atoms with Crippen molar-refractivity contribution in [1.82, 2.24) is 24.7 Å². The van der Waals surface area contributed by atoms with E-state index in [2.05, 4.69) is 24.8 Å². The third kappa shape index (κ3) is 2.27. The Labute approximate surface area is 97.5 Å². The van der Waals surface area contributed by atoms with E-state index in [1.165, 1.54) is 18.1 Å². The van der Waals surface area contributed by atoms with Crippen molar-refractivity contribution in [1.29, 1.82) is 0 Å². The first-order valence-electron chi connectivity index (χ1n) is 4.93. The van der Waals surface area contributed by atoms with Crippen LogP contribution in [0.4, 0.5) is 0 Å². The molecule has 0 atom stereocenters. The summed E-state index contributed by atoms with van der Waals surface area (Å²) < 4.78 is 5.93. The average molecular weight is 233 g/mol. The summed E-state index contributed by atoms with van der Waals surface area (Å²) in [4.78, 5) is 23.4. The molecule has 2 aromatic rings. The lowest BCUT2D eigenvalue weighted by Gasteiger charge is -2.01. The van der Waals surface area contributed by atoms with Crippen LogP contribution in [-0.4, -0.2) is 37.8 Å². The maximum absolute atomic E-state index is 11.2. The van der Waals surface area contributed by atoms with E-state index in [1.807, 2.05) is 6.92 Å². The van der Waals surface area contributed by atoms with Crippen LogP contribution >= 0.6 is 0 Å². The van der Waals surface area contributed by atoms with Gasteiger partial charge in [-0.1, -0.05) is 0 Å². The zero-order valence-corrected chi connectivity index (χ0v) is 9.71. The molecule has 0 aliphatic heterocycles. The van der Waals surface area contributed by atoms with E-state index in [1.54, 1.807) is 13.0 Å². The Bertz CT molecular complexity index is 543. The van der Waals surface area contributed by atoms with E-state index < -0.39 is 5.97 Å². The van der Waals surface area contributed by atoms with Crippen LogP contribution in [0.25, 0.3) is 5.82 Å². The third-order valence-corrected chi connectivity index (χ3v) is 2.05. The molecule has 2 heterocycles. The number of aryl methyl sites for hydroxylation is 2. The van der Waals surface area contributed by atoms with Crippen LogP contribution in [0, 0.1) is 13.8 Å². The third-order valence-electron chi connectivity index (χ3n) is 2.05. The second kappa shape index (κ2) is 4.28. The number of carbonyl (C=O) groups is 1. The lowest BCUT2D eigenvalue weighted by molar-refractivity contribution is 0.0587. The number of esters is 1. The summed E-state index contributed by atoms with van der Waals surface area (Å²) in [6, 6.07) is 1.75. The molecule has 0 unspecified atom stereocenters. The fraction of sp³-hybridized carbons (Fsp3) is 0.300. The molecule has 0 bridgehead atoms. The van der Waals surface area contributed by atoms with Crippen molar-refractivity contribution in [3.63, 3.8) is 0 Å². The number of rotatable bonds is 2.